The van der Waals surface area contributed by atoms with Gasteiger partial charge in [0, 0.05) is 0 Å². The average Bonchev–Trinajstić information content (AvgIpc) is 3.02. The lowest BCUT2D eigenvalue weighted by molar-refractivity contribution is -0.114. The maximum absolute atomic E-state index is 12.5. The topological polar surface area (TPSA) is 195 Å². The molecule has 26 heavy (non-hydrogen) atoms. The number of primary amides is 1. The second-order valence-electron chi connectivity index (χ2n) is 4.76. The van der Waals surface area contributed by atoms with Gasteiger partial charge in [-0.3, -0.25) is 14.3 Å². The summed E-state index contributed by atoms with van der Waals surface area (Å²) in [6, 6.07) is 3.24. The van der Waals surface area contributed by atoms with Crippen molar-refractivity contribution in [3.8, 4) is 0 Å². The average molecular weight is 399 g/mol. The summed E-state index contributed by atoms with van der Waals surface area (Å²) >= 11 is 0.780. The Labute approximate surface area is 151 Å². The minimum atomic E-state index is -4.23. The molecule has 1 aromatic heterocycles. The molecule has 0 saturated heterocycles. The number of thiazole rings is 1. The maximum atomic E-state index is 12.5. The number of carbonyl (C=O) groups excluding carboxylic acids is 2. The molecule has 1 heterocycles. The number of carboxylic acid groups (broad SMARTS) is 1. The van der Waals surface area contributed by atoms with Crippen LogP contribution in [0, 0.1) is 0 Å². The van der Waals surface area contributed by atoms with E-state index in [0.29, 0.717) is 0 Å². The Hall–Kier alpha value is -3.03. The number of aromatic nitrogens is 1. The lowest BCUT2D eigenvalue weighted by Crippen LogP contribution is -2.24. The van der Waals surface area contributed by atoms with Gasteiger partial charge >= 0.3 is 5.97 Å². The summed E-state index contributed by atoms with van der Waals surface area (Å²) in [5.74, 6) is -2.98. The first-order valence-electron chi connectivity index (χ1n) is 6.79. The zero-order valence-corrected chi connectivity index (χ0v) is 14.6. The molecule has 0 unspecified atom stereocenters. The Balaban J connectivity index is 2.42. The van der Waals surface area contributed by atoms with Crippen molar-refractivity contribution >= 4 is 49.8 Å². The number of rotatable bonds is 7. The second-order valence-corrected chi connectivity index (χ2v) is 7.30. The van der Waals surface area contributed by atoms with Crippen molar-refractivity contribution in [2.24, 2.45) is 11.5 Å². The number of hydrogen-bond acceptors (Lipinski definition) is 8. The van der Waals surface area contributed by atoms with E-state index >= 15 is 0 Å². The maximum Gasteiger partial charge on any atom is 0.357 e. The van der Waals surface area contributed by atoms with E-state index in [1.54, 1.807) is 0 Å². The van der Waals surface area contributed by atoms with Crippen LogP contribution in [0.1, 0.15) is 20.8 Å². The van der Waals surface area contributed by atoms with E-state index in [2.05, 4.69) is 15.0 Å². The number of carboxylic acids is 1. The summed E-state index contributed by atoms with van der Waals surface area (Å²) in [5.41, 5.74) is 10.8. The Morgan fingerprint density at radius 1 is 1.27 bits per heavy atom. The molecule has 2 amide bonds. The summed E-state index contributed by atoms with van der Waals surface area (Å²) in [7, 11) is -4.23. The number of nitrogens with one attached hydrogen (secondary N) is 2. The summed E-state index contributed by atoms with van der Waals surface area (Å²) in [6.45, 7) is -0.344. The van der Waals surface area contributed by atoms with Crippen LogP contribution in [0.4, 0.5) is 10.7 Å². The molecule has 7 N–H and O–H groups in total. The normalized spacial score (nSPS) is 11.0. The molecule has 0 spiro atoms. The van der Waals surface area contributed by atoms with E-state index in [9.17, 15) is 22.8 Å². The first-order chi connectivity index (χ1) is 12.2. The molecule has 138 valence electrons. The van der Waals surface area contributed by atoms with Crippen molar-refractivity contribution in [1.29, 1.82) is 0 Å². The Morgan fingerprint density at radius 2 is 1.96 bits per heavy atom. The van der Waals surface area contributed by atoms with E-state index in [1.807, 2.05) is 0 Å². The van der Waals surface area contributed by atoms with Crippen LogP contribution >= 0.6 is 11.3 Å². The lowest BCUT2D eigenvalue weighted by atomic mass is 10.1. The van der Waals surface area contributed by atoms with Crippen LogP contribution in [0.25, 0.3) is 0 Å². The zero-order valence-electron chi connectivity index (χ0n) is 12.9. The molecule has 0 saturated carbocycles. The van der Waals surface area contributed by atoms with Crippen LogP contribution < -0.4 is 21.5 Å². The van der Waals surface area contributed by atoms with Gasteiger partial charge in [-0.15, -0.1) is 11.3 Å². The van der Waals surface area contributed by atoms with Crippen LogP contribution in [0.5, 0.6) is 0 Å². The fourth-order valence-corrected chi connectivity index (χ4v) is 3.87. The fraction of sp³-hybridized carbons (Fsp3) is 0.0769. The smallest absolute Gasteiger partial charge is 0.357 e. The molecule has 0 radical (unpaired) electrons. The summed E-state index contributed by atoms with van der Waals surface area (Å²) in [5, 5.41) is 11.1. The molecule has 2 rings (SSSR count). The third-order valence-electron chi connectivity index (χ3n) is 3.02. The molecule has 0 atom stereocenters. The highest BCUT2D eigenvalue weighted by Gasteiger charge is 2.23. The van der Waals surface area contributed by atoms with E-state index in [-0.39, 0.29) is 27.7 Å². The fourth-order valence-electron chi connectivity index (χ4n) is 1.86. The number of anilines is 2. The SMILES string of the molecule is NCC(=O)Nc1ccc(S(=O)(=O)Nc2scnc2C(=O)O)cc1C(N)=O. The quantitative estimate of drug-likeness (QED) is 0.416. The van der Waals surface area contributed by atoms with Gasteiger partial charge in [-0.05, 0) is 18.2 Å². The Bertz CT molecular complexity index is 985. The summed E-state index contributed by atoms with van der Waals surface area (Å²) < 4.78 is 27.0. The van der Waals surface area contributed by atoms with E-state index in [4.69, 9.17) is 16.6 Å². The van der Waals surface area contributed by atoms with Crippen LogP contribution in [-0.4, -0.2) is 42.8 Å². The predicted octanol–water partition coefficient (Wildman–Crippen LogP) is -0.362. The first kappa shape index (κ1) is 19.3. The molecular weight excluding hydrogens is 386 g/mol. The van der Waals surface area contributed by atoms with Gasteiger partial charge in [0.25, 0.3) is 15.9 Å². The van der Waals surface area contributed by atoms with Crippen molar-refractivity contribution in [2.45, 2.75) is 4.90 Å². The highest BCUT2D eigenvalue weighted by atomic mass is 32.2. The molecule has 0 aliphatic rings. The molecule has 13 heteroatoms. The summed E-state index contributed by atoms with van der Waals surface area (Å²) in [6.07, 6.45) is 0. The van der Waals surface area contributed by atoms with E-state index in [0.717, 1.165) is 23.5 Å². The molecule has 1 aromatic carbocycles. The van der Waals surface area contributed by atoms with Gasteiger partial charge in [0.05, 0.1) is 28.2 Å². The van der Waals surface area contributed by atoms with Crippen LogP contribution in [0.3, 0.4) is 0 Å². The number of hydrogen-bond donors (Lipinski definition) is 5. The van der Waals surface area contributed by atoms with Gasteiger partial charge in [0.15, 0.2) is 5.69 Å². The van der Waals surface area contributed by atoms with Gasteiger partial charge in [0.1, 0.15) is 5.00 Å². The van der Waals surface area contributed by atoms with Crippen molar-refractivity contribution in [3.63, 3.8) is 0 Å². The number of aromatic carboxylic acids is 1. The second kappa shape index (κ2) is 7.47. The van der Waals surface area contributed by atoms with Crippen molar-refractivity contribution in [1.82, 2.24) is 4.98 Å². The van der Waals surface area contributed by atoms with Crippen molar-refractivity contribution in [3.05, 3.63) is 35.0 Å². The molecule has 0 bridgehead atoms. The third-order valence-corrected chi connectivity index (χ3v) is 5.24. The summed E-state index contributed by atoms with van der Waals surface area (Å²) in [4.78, 5) is 37.2. The van der Waals surface area contributed by atoms with Gasteiger partial charge in [-0.25, -0.2) is 18.2 Å². The highest BCUT2D eigenvalue weighted by Crippen LogP contribution is 2.26. The van der Waals surface area contributed by atoms with Gasteiger partial charge in [-0.1, -0.05) is 0 Å². The number of nitrogens with two attached hydrogens (primary N) is 2. The minimum absolute atomic E-state index is 0.00378. The van der Waals surface area contributed by atoms with Crippen molar-refractivity contribution < 1.29 is 27.9 Å². The number of benzene rings is 1. The number of nitrogens with zero attached hydrogens (tertiary/aromatic N) is 1. The third kappa shape index (κ3) is 4.14. The molecular formula is C13H13N5O6S2. The standard InChI is InChI=1S/C13H13N5O6S2/c14-4-9(19)17-8-2-1-6(3-7(8)11(15)20)26(23,24)18-12-10(13(21)22)16-5-25-12/h1-3,5,18H,4,14H2,(H2,15,20)(H,17,19)(H,21,22). The molecule has 0 fully saturated rings. The Kier molecular flexibility index (Phi) is 5.54. The Morgan fingerprint density at radius 3 is 2.54 bits per heavy atom. The van der Waals surface area contributed by atoms with E-state index in [1.165, 1.54) is 11.6 Å². The largest absolute Gasteiger partial charge is 0.476 e. The number of carbonyl (C=O) groups is 3. The monoisotopic (exact) mass is 399 g/mol. The first-order valence-corrected chi connectivity index (χ1v) is 9.15. The highest BCUT2D eigenvalue weighted by molar-refractivity contribution is 7.93. The molecule has 11 nitrogen and oxygen atoms in total. The zero-order chi connectivity index (χ0) is 19.5. The lowest BCUT2D eigenvalue weighted by Gasteiger charge is -2.11. The number of sulfonamides is 1. The van der Waals surface area contributed by atoms with Crippen LogP contribution in [0.2, 0.25) is 0 Å². The van der Waals surface area contributed by atoms with Crippen molar-refractivity contribution in [2.75, 3.05) is 16.6 Å². The van der Waals surface area contributed by atoms with Gasteiger partial charge in [0.2, 0.25) is 5.91 Å². The number of amides is 2. The minimum Gasteiger partial charge on any atom is -0.476 e. The molecule has 2 aromatic rings. The van der Waals surface area contributed by atoms with E-state index < -0.39 is 33.5 Å². The molecule has 0 aliphatic carbocycles. The van der Waals surface area contributed by atoms with Crippen LogP contribution in [-0.2, 0) is 14.8 Å². The van der Waals surface area contributed by atoms with Gasteiger partial charge < -0.3 is 21.9 Å². The van der Waals surface area contributed by atoms with Gasteiger partial charge in [-0.2, -0.15) is 0 Å². The predicted molar refractivity (Wildman–Crippen MR) is 92.5 cm³/mol. The van der Waals surface area contributed by atoms with Crippen LogP contribution in [0.15, 0.2) is 28.6 Å². The molecule has 0 aliphatic heterocycles.